The minimum Gasteiger partial charge on any atom is -0.353 e. The van der Waals surface area contributed by atoms with Crippen molar-refractivity contribution in [1.29, 1.82) is 0 Å². The van der Waals surface area contributed by atoms with Gasteiger partial charge in [0.05, 0.1) is 12.5 Å². The van der Waals surface area contributed by atoms with E-state index in [4.69, 9.17) is 4.98 Å². The molecule has 1 aliphatic heterocycles. The Morgan fingerprint density at radius 3 is 2.70 bits per heavy atom. The zero-order chi connectivity index (χ0) is 27.5. The second-order valence-electron chi connectivity index (χ2n) is 10.5. The summed E-state index contributed by atoms with van der Waals surface area (Å²) >= 11 is 1.44. The number of rotatable bonds is 9. The van der Waals surface area contributed by atoms with E-state index in [9.17, 15) is 9.59 Å². The zero-order valence-electron chi connectivity index (χ0n) is 22.4. The van der Waals surface area contributed by atoms with Crippen LogP contribution in [0, 0.1) is 12.8 Å². The number of H-pyrrole nitrogens is 1. The van der Waals surface area contributed by atoms with Gasteiger partial charge in [-0.25, -0.2) is 4.98 Å². The second kappa shape index (κ2) is 11.7. The molecule has 12 heteroatoms. The van der Waals surface area contributed by atoms with Crippen LogP contribution in [0.4, 0.5) is 17.5 Å². The number of fused-ring (bicyclic) bond motifs is 1. The van der Waals surface area contributed by atoms with E-state index in [2.05, 4.69) is 36.0 Å². The molecule has 0 spiro atoms. The molecule has 0 radical (unpaired) electrons. The zero-order valence-corrected chi connectivity index (χ0v) is 23.2. The second-order valence-corrected chi connectivity index (χ2v) is 11.6. The van der Waals surface area contributed by atoms with Gasteiger partial charge in [0, 0.05) is 41.1 Å². The van der Waals surface area contributed by atoms with Crippen molar-refractivity contribution >= 4 is 46.7 Å². The molecular weight excluding hydrogens is 526 g/mol. The summed E-state index contributed by atoms with van der Waals surface area (Å²) in [5, 5.41) is 17.2. The summed E-state index contributed by atoms with van der Waals surface area (Å²) in [6.07, 6.45) is 7.26. The minimum atomic E-state index is -0.0800. The maximum atomic E-state index is 12.7. The molecule has 4 N–H and O–H groups in total. The van der Waals surface area contributed by atoms with Gasteiger partial charge in [-0.3, -0.25) is 24.0 Å². The van der Waals surface area contributed by atoms with Crippen molar-refractivity contribution in [3.63, 3.8) is 0 Å². The van der Waals surface area contributed by atoms with Gasteiger partial charge in [0.25, 0.3) is 0 Å². The van der Waals surface area contributed by atoms with Gasteiger partial charge in [-0.15, -0.1) is 0 Å². The number of anilines is 3. The average Bonchev–Trinajstić information content (AvgIpc) is 3.74. The van der Waals surface area contributed by atoms with Crippen LogP contribution in [0.3, 0.4) is 0 Å². The monoisotopic (exact) mass is 559 g/mol. The van der Waals surface area contributed by atoms with E-state index in [-0.39, 0.29) is 24.3 Å². The Morgan fingerprint density at radius 2 is 1.93 bits per heavy atom. The Labute approximate surface area is 236 Å². The van der Waals surface area contributed by atoms with Crippen LogP contribution in [-0.4, -0.2) is 67.0 Å². The topological polar surface area (TPSA) is 132 Å². The fourth-order valence-corrected chi connectivity index (χ4v) is 6.09. The highest BCUT2D eigenvalue weighted by Crippen LogP contribution is 2.28. The highest BCUT2D eigenvalue weighted by atomic mass is 32.2. The number of hydrogen-bond acceptors (Lipinski definition) is 8. The number of hydrogen-bond donors (Lipinski definition) is 4. The summed E-state index contributed by atoms with van der Waals surface area (Å²) in [4.78, 5) is 37.6. The van der Waals surface area contributed by atoms with Crippen molar-refractivity contribution in [3.8, 4) is 0 Å². The molecule has 1 atom stereocenters. The summed E-state index contributed by atoms with van der Waals surface area (Å²) in [5.74, 6) is 1.33. The first-order chi connectivity index (χ1) is 19.5. The van der Waals surface area contributed by atoms with Crippen molar-refractivity contribution in [2.24, 2.45) is 5.92 Å². The van der Waals surface area contributed by atoms with E-state index in [1.54, 1.807) is 0 Å². The van der Waals surface area contributed by atoms with Gasteiger partial charge in [-0.05, 0) is 80.9 Å². The van der Waals surface area contributed by atoms with Gasteiger partial charge < -0.3 is 16.0 Å². The van der Waals surface area contributed by atoms with Crippen LogP contribution in [-0.2, 0) is 9.59 Å². The fraction of sp³-hybridized carbons (Fsp3) is 0.393. The van der Waals surface area contributed by atoms with E-state index in [1.807, 2.05) is 60.0 Å². The van der Waals surface area contributed by atoms with Crippen LogP contribution >= 0.6 is 11.8 Å². The number of nitrogens with one attached hydrogen (secondary N) is 4. The first-order valence-electron chi connectivity index (χ1n) is 13.7. The van der Waals surface area contributed by atoms with Crippen molar-refractivity contribution in [2.45, 2.75) is 55.1 Å². The standard InChI is InChI=1S/C28H33N9O2S/c1-18-15-23(35-34-18)31-27-33-28(32-24-7-4-13-37(24)27)40-22-10-8-21(9-11-22)29-25(38)17-36-14-12-19(16-36)26(39)30-20-5-2-3-6-20/h4,7-11,13,15,19-20H,2-3,5-6,12,14,16-17H2,1H3,(H,29,38)(H,30,39)(H2,31,32,33,34,35)/t19-/m1/s1. The van der Waals surface area contributed by atoms with Crippen LogP contribution in [0.1, 0.15) is 37.8 Å². The van der Waals surface area contributed by atoms with Crippen LogP contribution in [0.5, 0.6) is 0 Å². The first-order valence-corrected chi connectivity index (χ1v) is 14.5. The molecule has 1 aromatic carbocycles. The maximum Gasteiger partial charge on any atom is 0.238 e. The van der Waals surface area contributed by atoms with Gasteiger partial charge in [0.15, 0.2) is 11.0 Å². The minimum absolute atomic E-state index is 0.0305. The molecule has 2 aliphatic rings. The smallest absolute Gasteiger partial charge is 0.238 e. The highest BCUT2D eigenvalue weighted by molar-refractivity contribution is 7.99. The lowest BCUT2D eigenvalue weighted by molar-refractivity contribution is -0.125. The Bertz CT molecular complexity index is 1490. The number of carbonyl (C=O) groups excluding carboxylic acids is 2. The molecule has 1 aliphatic carbocycles. The van der Waals surface area contributed by atoms with Crippen LogP contribution in [0.25, 0.3) is 5.65 Å². The van der Waals surface area contributed by atoms with E-state index in [0.29, 0.717) is 29.5 Å². The van der Waals surface area contributed by atoms with E-state index < -0.39 is 0 Å². The molecule has 40 heavy (non-hydrogen) atoms. The molecule has 0 bridgehead atoms. The third kappa shape index (κ3) is 6.28. The van der Waals surface area contributed by atoms with Crippen molar-refractivity contribution in [3.05, 3.63) is 54.4 Å². The normalized spacial score (nSPS) is 17.9. The quantitative estimate of drug-likeness (QED) is 0.242. The van der Waals surface area contributed by atoms with E-state index >= 15 is 0 Å². The van der Waals surface area contributed by atoms with Crippen molar-refractivity contribution in [2.75, 3.05) is 30.3 Å². The summed E-state index contributed by atoms with van der Waals surface area (Å²) in [7, 11) is 0. The van der Waals surface area contributed by atoms with E-state index in [0.717, 1.165) is 47.7 Å². The third-order valence-corrected chi connectivity index (χ3v) is 8.25. The number of aryl methyl sites for hydroxylation is 1. The Hall–Kier alpha value is -3.90. The summed E-state index contributed by atoms with van der Waals surface area (Å²) in [6, 6.07) is 13.7. The van der Waals surface area contributed by atoms with Gasteiger partial charge in [-0.2, -0.15) is 10.1 Å². The van der Waals surface area contributed by atoms with Crippen molar-refractivity contribution < 1.29 is 9.59 Å². The predicted molar refractivity (Wildman–Crippen MR) is 154 cm³/mol. The highest BCUT2D eigenvalue weighted by Gasteiger charge is 2.30. The van der Waals surface area contributed by atoms with Crippen LogP contribution in [0.15, 0.2) is 58.7 Å². The number of benzene rings is 1. The molecule has 208 valence electrons. The van der Waals surface area contributed by atoms with Crippen LogP contribution in [0.2, 0.25) is 0 Å². The SMILES string of the molecule is Cc1cc(Nc2nc(Sc3ccc(NC(=O)CN4CC[C@@H](C(=O)NC5CCCC5)C4)cc3)nc3cccn23)n[nH]1. The molecule has 3 aromatic heterocycles. The van der Waals surface area contributed by atoms with Gasteiger partial charge in [0.1, 0.15) is 5.65 Å². The maximum absolute atomic E-state index is 12.7. The van der Waals surface area contributed by atoms with Gasteiger partial charge in [0.2, 0.25) is 17.8 Å². The molecular formula is C28H33N9O2S. The average molecular weight is 560 g/mol. The number of aromatic amines is 1. The summed E-state index contributed by atoms with van der Waals surface area (Å²) < 4.78 is 1.87. The fourth-order valence-electron chi connectivity index (χ4n) is 5.33. The molecule has 6 rings (SSSR count). The molecule has 2 amide bonds. The molecule has 0 unspecified atom stereocenters. The predicted octanol–water partition coefficient (Wildman–Crippen LogP) is 3.97. The molecule has 2 fully saturated rings. The number of aromatic nitrogens is 5. The Kier molecular flexibility index (Phi) is 7.69. The largest absolute Gasteiger partial charge is 0.353 e. The van der Waals surface area contributed by atoms with Gasteiger partial charge in [-0.1, -0.05) is 12.8 Å². The van der Waals surface area contributed by atoms with E-state index in [1.165, 1.54) is 24.6 Å². The third-order valence-electron chi connectivity index (χ3n) is 7.37. The Balaban J connectivity index is 1.02. The number of likely N-dealkylation sites (tertiary alicyclic amines) is 1. The van der Waals surface area contributed by atoms with Gasteiger partial charge >= 0.3 is 0 Å². The lowest BCUT2D eigenvalue weighted by atomic mass is 10.1. The van der Waals surface area contributed by atoms with Crippen molar-refractivity contribution in [1.82, 2.24) is 34.8 Å². The number of carbonyl (C=O) groups is 2. The lowest BCUT2D eigenvalue weighted by Gasteiger charge is -2.17. The number of nitrogens with zero attached hydrogens (tertiary/aromatic N) is 5. The molecule has 4 aromatic rings. The lowest BCUT2D eigenvalue weighted by Crippen LogP contribution is -2.39. The molecule has 11 nitrogen and oxygen atoms in total. The van der Waals surface area contributed by atoms with Crippen LogP contribution < -0.4 is 16.0 Å². The summed E-state index contributed by atoms with van der Waals surface area (Å²) in [5.41, 5.74) is 2.45. The number of amides is 2. The molecule has 1 saturated carbocycles. The first kappa shape index (κ1) is 26.3. The summed E-state index contributed by atoms with van der Waals surface area (Å²) in [6.45, 7) is 3.61. The molecule has 1 saturated heterocycles. The molecule has 4 heterocycles. The Morgan fingerprint density at radius 1 is 1.10 bits per heavy atom.